The number of carbonyl (C=O) groups excluding carboxylic acids is 1. The Morgan fingerprint density at radius 3 is 2.10 bits per heavy atom. The zero-order valence-corrected chi connectivity index (χ0v) is 25.6. The average molecular weight is 574 g/mol. The third-order valence-corrected chi connectivity index (χ3v) is 13.4. The Bertz CT molecular complexity index is 1250. The molecule has 7 nitrogen and oxygen atoms in total. The van der Waals surface area contributed by atoms with Gasteiger partial charge < -0.3 is 29.4 Å². The second kappa shape index (κ2) is 12.6. The summed E-state index contributed by atoms with van der Waals surface area (Å²) in [5.74, 6) is 0.739. The molecule has 0 aliphatic carbocycles. The van der Waals surface area contributed by atoms with Crippen LogP contribution in [0.15, 0.2) is 78.9 Å². The number of nitrogens with zero attached hydrogens (tertiary/aromatic N) is 2. The number of anilines is 2. The molecule has 0 unspecified atom stereocenters. The number of piperidine rings is 1. The Morgan fingerprint density at radius 1 is 0.902 bits per heavy atom. The van der Waals surface area contributed by atoms with E-state index in [9.17, 15) is 4.79 Å². The summed E-state index contributed by atoms with van der Waals surface area (Å²) in [5.41, 5.74) is 8.22. The summed E-state index contributed by atoms with van der Waals surface area (Å²) in [7, 11) is -2.60. The normalized spacial score (nSPS) is 16.9. The van der Waals surface area contributed by atoms with Crippen LogP contribution < -0.4 is 25.7 Å². The SMILES string of the molecule is CC(C)(C)[Si](OCCOc1ccc(N2CCC(N3CCCOC3=O)CC2)c(N)c1)(c1ccccc1)c1ccccc1. The van der Waals surface area contributed by atoms with Crippen molar-refractivity contribution in [3.8, 4) is 5.75 Å². The van der Waals surface area contributed by atoms with Crippen molar-refractivity contribution in [3.05, 3.63) is 78.9 Å². The van der Waals surface area contributed by atoms with Gasteiger partial charge in [0.05, 0.1) is 24.6 Å². The number of cyclic esters (lactones) is 1. The number of rotatable bonds is 9. The molecule has 3 aromatic rings. The molecule has 0 atom stereocenters. The third kappa shape index (κ3) is 6.23. The van der Waals surface area contributed by atoms with Gasteiger partial charge in [0.2, 0.25) is 0 Å². The van der Waals surface area contributed by atoms with Gasteiger partial charge in [-0.3, -0.25) is 0 Å². The predicted octanol–water partition coefficient (Wildman–Crippen LogP) is 5.04. The summed E-state index contributed by atoms with van der Waals surface area (Å²) in [6, 6.07) is 27.5. The molecule has 2 N–H and O–H groups in total. The van der Waals surface area contributed by atoms with E-state index in [2.05, 4.69) is 86.3 Å². The van der Waals surface area contributed by atoms with Crippen molar-refractivity contribution in [2.75, 3.05) is 50.1 Å². The monoisotopic (exact) mass is 573 g/mol. The van der Waals surface area contributed by atoms with Crippen LogP contribution in [-0.2, 0) is 9.16 Å². The Morgan fingerprint density at radius 2 is 1.54 bits per heavy atom. The standard InChI is InChI=1S/C33H43N3O4Si/c1-33(2,3)41(28-11-6-4-7-12-28,29-13-8-5-9-14-29)40-24-23-38-27-15-16-31(30(34)25-27)35-20-17-26(18-21-35)36-19-10-22-39-32(36)37/h4-9,11-16,25-26H,10,17-24,34H2,1-3H3. The average Bonchev–Trinajstić information content (AvgIpc) is 2.98. The first-order valence-electron chi connectivity index (χ1n) is 14.8. The summed E-state index contributed by atoms with van der Waals surface area (Å²) >= 11 is 0. The summed E-state index contributed by atoms with van der Waals surface area (Å²) < 4.78 is 18.3. The molecule has 0 aromatic heterocycles. The summed E-state index contributed by atoms with van der Waals surface area (Å²) in [5, 5.41) is 2.44. The van der Waals surface area contributed by atoms with Crippen molar-refractivity contribution in [3.63, 3.8) is 0 Å². The second-order valence-electron chi connectivity index (χ2n) is 12.0. The number of benzene rings is 3. The number of ether oxygens (including phenoxy) is 2. The minimum absolute atomic E-state index is 0.0798. The third-order valence-electron chi connectivity index (χ3n) is 8.34. The van der Waals surface area contributed by atoms with Crippen LogP contribution in [0.1, 0.15) is 40.0 Å². The van der Waals surface area contributed by atoms with E-state index in [1.165, 1.54) is 10.4 Å². The first kappa shape index (κ1) is 29.0. The van der Waals surface area contributed by atoms with Crippen LogP contribution in [0.5, 0.6) is 5.75 Å². The van der Waals surface area contributed by atoms with E-state index in [0.29, 0.717) is 25.5 Å². The highest BCUT2D eigenvalue weighted by atomic mass is 28.4. The quantitative estimate of drug-likeness (QED) is 0.220. The van der Waals surface area contributed by atoms with Crippen LogP contribution in [-0.4, -0.2) is 64.8 Å². The highest BCUT2D eigenvalue weighted by Gasteiger charge is 2.50. The highest BCUT2D eigenvalue weighted by molar-refractivity contribution is 6.99. The lowest BCUT2D eigenvalue weighted by Gasteiger charge is -2.43. The number of hydrogen-bond acceptors (Lipinski definition) is 6. The largest absolute Gasteiger partial charge is 0.491 e. The van der Waals surface area contributed by atoms with Crippen molar-refractivity contribution in [2.45, 2.75) is 51.1 Å². The van der Waals surface area contributed by atoms with E-state index in [-0.39, 0.29) is 17.2 Å². The zero-order chi connectivity index (χ0) is 28.9. The molecule has 2 heterocycles. The van der Waals surface area contributed by atoms with Gasteiger partial charge in [0, 0.05) is 31.7 Å². The maximum Gasteiger partial charge on any atom is 0.410 e. The van der Waals surface area contributed by atoms with Crippen LogP contribution >= 0.6 is 0 Å². The van der Waals surface area contributed by atoms with Crippen molar-refractivity contribution < 1.29 is 18.7 Å². The van der Waals surface area contributed by atoms with Crippen molar-refractivity contribution in [1.82, 2.24) is 4.90 Å². The molecule has 3 aromatic carbocycles. The lowest BCUT2D eigenvalue weighted by molar-refractivity contribution is 0.0499. The molecule has 0 radical (unpaired) electrons. The number of nitrogen functional groups attached to an aromatic ring is 1. The smallest absolute Gasteiger partial charge is 0.410 e. The summed E-state index contributed by atoms with van der Waals surface area (Å²) in [4.78, 5) is 16.3. The van der Waals surface area contributed by atoms with Gasteiger partial charge in [0.25, 0.3) is 8.32 Å². The van der Waals surface area contributed by atoms with Gasteiger partial charge >= 0.3 is 6.09 Å². The highest BCUT2D eigenvalue weighted by Crippen LogP contribution is 2.37. The van der Waals surface area contributed by atoms with Crippen molar-refractivity contribution in [1.29, 1.82) is 0 Å². The fourth-order valence-corrected chi connectivity index (χ4v) is 10.9. The molecule has 0 spiro atoms. The minimum Gasteiger partial charge on any atom is -0.491 e. The number of amides is 1. The van der Waals surface area contributed by atoms with E-state index in [4.69, 9.17) is 19.6 Å². The zero-order valence-electron chi connectivity index (χ0n) is 24.6. The predicted molar refractivity (Wildman–Crippen MR) is 168 cm³/mol. The van der Waals surface area contributed by atoms with Gasteiger partial charge in [-0.1, -0.05) is 81.4 Å². The first-order valence-corrected chi connectivity index (χ1v) is 16.7. The Kier molecular flexibility index (Phi) is 8.90. The first-order chi connectivity index (χ1) is 19.8. The number of carbonyl (C=O) groups is 1. The maximum atomic E-state index is 12.1. The van der Waals surface area contributed by atoms with E-state index in [1.807, 2.05) is 23.1 Å². The molecule has 41 heavy (non-hydrogen) atoms. The minimum atomic E-state index is -2.60. The van der Waals surface area contributed by atoms with Crippen molar-refractivity contribution >= 4 is 36.2 Å². The molecule has 5 rings (SSSR count). The molecule has 0 bridgehead atoms. The molecule has 8 heteroatoms. The summed E-state index contributed by atoms with van der Waals surface area (Å²) in [6.07, 6.45) is 2.55. The molecule has 2 aliphatic heterocycles. The molecular formula is C33H43N3O4Si. The van der Waals surface area contributed by atoms with Gasteiger partial charge in [0.15, 0.2) is 0 Å². The molecule has 1 amide bonds. The van der Waals surface area contributed by atoms with Gasteiger partial charge in [-0.25, -0.2) is 4.79 Å². The van der Waals surface area contributed by atoms with E-state index < -0.39 is 8.32 Å². The Labute approximate surface area is 245 Å². The fraction of sp³-hybridized carbons (Fsp3) is 0.424. The number of nitrogens with two attached hydrogens (primary N) is 1. The molecule has 218 valence electrons. The lowest BCUT2D eigenvalue weighted by Crippen LogP contribution is -2.66. The topological polar surface area (TPSA) is 77.3 Å². The van der Waals surface area contributed by atoms with E-state index in [1.54, 1.807) is 0 Å². The Balaban J connectivity index is 1.21. The van der Waals surface area contributed by atoms with Crippen LogP contribution in [0, 0.1) is 0 Å². The van der Waals surface area contributed by atoms with Crippen LogP contribution in [0.4, 0.5) is 16.2 Å². The molecular weight excluding hydrogens is 530 g/mol. The molecule has 0 saturated carbocycles. The van der Waals surface area contributed by atoms with E-state index >= 15 is 0 Å². The van der Waals surface area contributed by atoms with Crippen LogP contribution in [0.25, 0.3) is 0 Å². The maximum absolute atomic E-state index is 12.1. The lowest BCUT2D eigenvalue weighted by atomic mass is 10.0. The van der Waals surface area contributed by atoms with Crippen LogP contribution in [0.3, 0.4) is 0 Å². The fourth-order valence-electron chi connectivity index (χ4n) is 6.34. The second-order valence-corrected chi connectivity index (χ2v) is 16.3. The van der Waals surface area contributed by atoms with Gasteiger partial charge in [0.1, 0.15) is 12.4 Å². The van der Waals surface area contributed by atoms with Crippen LogP contribution in [0.2, 0.25) is 5.04 Å². The number of hydrogen-bond donors (Lipinski definition) is 1. The Hall–Kier alpha value is -3.49. The van der Waals surface area contributed by atoms with Gasteiger partial charge in [-0.2, -0.15) is 0 Å². The molecule has 2 aliphatic rings. The van der Waals surface area contributed by atoms with Crippen molar-refractivity contribution in [2.24, 2.45) is 0 Å². The summed E-state index contributed by atoms with van der Waals surface area (Å²) in [6.45, 7) is 10.8. The molecule has 2 saturated heterocycles. The van der Waals surface area contributed by atoms with Gasteiger partial charge in [-0.05, 0) is 46.8 Å². The van der Waals surface area contributed by atoms with Gasteiger partial charge in [-0.15, -0.1) is 0 Å². The molecule has 2 fully saturated rings. The van der Waals surface area contributed by atoms with E-state index in [0.717, 1.165) is 50.3 Å².